The Kier molecular flexibility index (Phi) is 4.95. The first-order chi connectivity index (χ1) is 11.2. The molecular formula is C16H20N4O2S. The van der Waals surface area contributed by atoms with E-state index in [4.69, 9.17) is 4.52 Å². The Morgan fingerprint density at radius 1 is 1.43 bits per heavy atom. The molecule has 0 spiro atoms. The van der Waals surface area contributed by atoms with E-state index in [1.54, 1.807) is 24.0 Å². The van der Waals surface area contributed by atoms with Crippen LogP contribution in [0.4, 0.5) is 0 Å². The van der Waals surface area contributed by atoms with Gasteiger partial charge in [-0.05, 0) is 37.7 Å². The largest absolute Gasteiger partial charge is 0.339 e. The lowest BCUT2D eigenvalue weighted by atomic mass is 9.96. The van der Waals surface area contributed by atoms with Crippen molar-refractivity contribution < 1.29 is 9.32 Å². The number of likely N-dealkylation sites (tertiary alicyclic amines) is 1. The van der Waals surface area contributed by atoms with E-state index in [-0.39, 0.29) is 11.8 Å². The third kappa shape index (κ3) is 3.72. The fourth-order valence-corrected chi connectivity index (χ4v) is 3.40. The van der Waals surface area contributed by atoms with Crippen molar-refractivity contribution in [3.05, 3.63) is 35.6 Å². The van der Waals surface area contributed by atoms with Gasteiger partial charge in [0, 0.05) is 30.8 Å². The first-order valence-electron chi connectivity index (χ1n) is 7.85. The number of aromatic nitrogens is 3. The van der Waals surface area contributed by atoms with Crippen LogP contribution in [0.3, 0.4) is 0 Å². The Morgan fingerprint density at radius 3 is 2.87 bits per heavy atom. The number of rotatable bonds is 4. The Balaban J connectivity index is 1.63. The van der Waals surface area contributed by atoms with E-state index in [1.807, 2.05) is 17.9 Å². The number of aryl methyl sites for hydroxylation is 1. The molecule has 23 heavy (non-hydrogen) atoms. The molecule has 2 aromatic heterocycles. The van der Waals surface area contributed by atoms with Crippen molar-refractivity contribution in [1.82, 2.24) is 20.0 Å². The summed E-state index contributed by atoms with van der Waals surface area (Å²) in [7, 11) is 0. The number of nitrogens with zero attached hydrogens (tertiary/aromatic N) is 4. The lowest BCUT2D eigenvalue weighted by Gasteiger charge is -2.30. The summed E-state index contributed by atoms with van der Waals surface area (Å²) in [6.45, 7) is 5.32. The summed E-state index contributed by atoms with van der Waals surface area (Å²) in [4.78, 5) is 23.1. The van der Waals surface area contributed by atoms with Crippen molar-refractivity contribution in [3.8, 4) is 0 Å². The zero-order valence-electron chi connectivity index (χ0n) is 13.4. The van der Waals surface area contributed by atoms with Crippen LogP contribution < -0.4 is 0 Å². The van der Waals surface area contributed by atoms with Crippen LogP contribution in [0.2, 0.25) is 0 Å². The van der Waals surface area contributed by atoms with Crippen LogP contribution in [0.5, 0.6) is 0 Å². The van der Waals surface area contributed by atoms with E-state index < -0.39 is 0 Å². The average molecular weight is 332 g/mol. The van der Waals surface area contributed by atoms with E-state index in [1.165, 1.54) is 0 Å². The predicted molar refractivity (Wildman–Crippen MR) is 87.5 cm³/mol. The summed E-state index contributed by atoms with van der Waals surface area (Å²) >= 11 is 1.64. The summed E-state index contributed by atoms with van der Waals surface area (Å²) < 4.78 is 5.25. The summed E-state index contributed by atoms with van der Waals surface area (Å²) in [5.74, 6) is 2.63. The molecule has 0 saturated carbocycles. The van der Waals surface area contributed by atoms with Gasteiger partial charge in [0.2, 0.25) is 5.89 Å². The number of piperidine rings is 1. The second kappa shape index (κ2) is 7.12. The first kappa shape index (κ1) is 16.0. The topological polar surface area (TPSA) is 72.1 Å². The molecular weight excluding hydrogens is 312 g/mol. The molecule has 0 atom stereocenters. The van der Waals surface area contributed by atoms with Crippen molar-refractivity contribution in [2.75, 3.05) is 18.8 Å². The van der Waals surface area contributed by atoms with Crippen LogP contribution in [-0.2, 0) is 0 Å². The van der Waals surface area contributed by atoms with E-state index in [0.717, 1.165) is 23.6 Å². The zero-order valence-corrected chi connectivity index (χ0v) is 14.2. The summed E-state index contributed by atoms with van der Waals surface area (Å²) in [6.07, 6.45) is 3.42. The highest BCUT2D eigenvalue weighted by Gasteiger charge is 2.27. The monoisotopic (exact) mass is 332 g/mol. The van der Waals surface area contributed by atoms with E-state index in [9.17, 15) is 4.79 Å². The average Bonchev–Trinajstić information content (AvgIpc) is 3.01. The fourth-order valence-electron chi connectivity index (χ4n) is 2.76. The maximum atomic E-state index is 12.6. The second-order valence-electron chi connectivity index (χ2n) is 5.56. The van der Waals surface area contributed by atoms with Gasteiger partial charge in [0.25, 0.3) is 5.91 Å². The van der Waals surface area contributed by atoms with Gasteiger partial charge in [0.1, 0.15) is 0 Å². The van der Waals surface area contributed by atoms with Crippen LogP contribution in [-0.4, -0.2) is 44.8 Å². The molecule has 2 aromatic rings. The molecule has 1 amide bonds. The molecule has 6 nitrogen and oxygen atoms in total. The molecule has 0 bridgehead atoms. The van der Waals surface area contributed by atoms with Crippen molar-refractivity contribution in [2.24, 2.45) is 0 Å². The Labute approximate surface area is 139 Å². The smallest absolute Gasteiger partial charge is 0.254 e. The fraction of sp³-hybridized carbons (Fsp3) is 0.500. The number of carbonyl (C=O) groups is 1. The molecule has 3 rings (SSSR count). The highest BCUT2D eigenvalue weighted by Crippen LogP contribution is 2.27. The minimum absolute atomic E-state index is 0.0745. The normalized spacial score (nSPS) is 15.8. The van der Waals surface area contributed by atoms with Gasteiger partial charge in [-0.15, -0.1) is 11.8 Å². The Hall–Kier alpha value is -1.89. The van der Waals surface area contributed by atoms with Crippen LogP contribution in [0, 0.1) is 6.92 Å². The van der Waals surface area contributed by atoms with E-state index >= 15 is 0 Å². The minimum atomic E-state index is 0.0745. The van der Waals surface area contributed by atoms with Gasteiger partial charge in [-0.25, -0.2) is 4.98 Å². The summed E-state index contributed by atoms with van der Waals surface area (Å²) in [6, 6.07) is 3.67. The molecule has 1 aliphatic heterocycles. The van der Waals surface area contributed by atoms with Gasteiger partial charge in [-0.2, -0.15) is 4.98 Å². The molecule has 1 fully saturated rings. The van der Waals surface area contributed by atoms with Crippen molar-refractivity contribution >= 4 is 17.7 Å². The lowest BCUT2D eigenvalue weighted by Crippen LogP contribution is -2.38. The number of amides is 1. The molecule has 0 unspecified atom stereocenters. The molecule has 1 saturated heterocycles. The van der Waals surface area contributed by atoms with Crippen LogP contribution in [0.15, 0.2) is 27.9 Å². The van der Waals surface area contributed by atoms with Crippen molar-refractivity contribution in [3.63, 3.8) is 0 Å². The Morgan fingerprint density at radius 2 is 2.22 bits per heavy atom. The highest BCUT2D eigenvalue weighted by molar-refractivity contribution is 7.99. The standard InChI is InChI=1S/C16H20N4O2S/c1-3-23-14-10-13(4-7-17-14)16(21)20-8-5-12(6-9-20)15-18-11(2)19-22-15/h4,7,10,12H,3,5-6,8-9H2,1-2H3. The number of hydrogen-bond acceptors (Lipinski definition) is 6. The second-order valence-corrected chi connectivity index (χ2v) is 6.85. The first-order valence-corrected chi connectivity index (χ1v) is 8.84. The number of carbonyl (C=O) groups excluding carboxylic acids is 1. The zero-order chi connectivity index (χ0) is 16.2. The third-order valence-corrected chi connectivity index (χ3v) is 4.76. The van der Waals surface area contributed by atoms with Gasteiger partial charge in [0.15, 0.2) is 5.82 Å². The van der Waals surface area contributed by atoms with Crippen LogP contribution in [0.25, 0.3) is 0 Å². The lowest BCUT2D eigenvalue weighted by molar-refractivity contribution is 0.0704. The summed E-state index contributed by atoms with van der Waals surface area (Å²) in [5, 5.41) is 4.74. The number of pyridine rings is 1. The summed E-state index contributed by atoms with van der Waals surface area (Å²) in [5.41, 5.74) is 0.711. The highest BCUT2D eigenvalue weighted by atomic mass is 32.2. The molecule has 0 N–H and O–H groups in total. The maximum Gasteiger partial charge on any atom is 0.254 e. The van der Waals surface area contributed by atoms with Crippen LogP contribution in [0.1, 0.15) is 47.8 Å². The molecule has 3 heterocycles. The third-order valence-electron chi connectivity index (χ3n) is 3.95. The van der Waals surface area contributed by atoms with Gasteiger partial charge in [-0.1, -0.05) is 12.1 Å². The van der Waals surface area contributed by atoms with Gasteiger partial charge >= 0.3 is 0 Å². The Bertz CT molecular complexity index is 680. The molecule has 1 aliphatic rings. The molecule has 0 aromatic carbocycles. The molecule has 7 heteroatoms. The number of thioether (sulfide) groups is 1. The van der Waals surface area contributed by atoms with Gasteiger partial charge in [0.05, 0.1) is 5.03 Å². The number of hydrogen-bond donors (Lipinski definition) is 0. The molecule has 0 aliphatic carbocycles. The quantitative estimate of drug-likeness (QED) is 0.802. The van der Waals surface area contributed by atoms with Crippen molar-refractivity contribution in [2.45, 2.75) is 37.6 Å². The van der Waals surface area contributed by atoms with Crippen LogP contribution >= 0.6 is 11.8 Å². The van der Waals surface area contributed by atoms with E-state index in [0.29, 0.717) is 30.4 Å². The predicted octanol–water partition coefficient (Wildman–Crippen LogP) is 2.90. The molecule has 122 valence electrons. The molecule has 0 radical (unpaired) electrons. The van der Waals surface area contributed by atoms with Gasteiger partial charge in [-0.3, -0.25) is 4.79 Å². The SMILES string of the molecule is CCSc1cc(C(=O)N2CCC(c3nc(C)no3)CC2)ccn1. The van der Waals surface area contributed by atoms with Crippen molar-refractivity contribution in [1.29, 1.82) is 0 Å². The minimum Gasteiger partial charge on any atom is -0.339 e. The maximum absolute atomic E-state index is 12.6. The van der Waals surface area contributed by atoms with Gasteiger partial charge < -0.3 is 9.42 Å². The van der Waals surface area contributed by atoms with E-state index in [2.05, 4.69) is 22.0 Å².